The van der Waals surface area contributed by atoms with Crippen LogP contribution < -0.4 is 0 Å². The van der Waals surface area contributed by atoms with Crippen molar-refractivity contribution in [2.75, 3.05) is 13.1 Å². The number of aliphatic hydroxyl groups is 1. The van der Waals surface area contributed by atoms with E-state index in [2.05, 4.69) is 15.5 Å². The van der Waals surface area contributed by atoms with Crippen LogP contribution in [-0.2, 0) is 0 Å². The molecule has 25 heavy (non-hydrogen) atoms. The third-order valence-corrected chi connectivity index (χ3v) is 5.94. The number of benzene rings is 1. The van der Waals surface area contributed by atoms with E-state index in [1.165, 1.54) is 6.33 Å². The van der Waals surface area contributed by atoms with Crippen LogP contribution in [0.5, 0.6) is 0 Å². The second-order valence-corrected chi connectivity index (χ2v) is 7.23. The first kappa shape index (κ1) is 16.2. The number of fused-ring (bicyclic) bond motifs is 1. The molecule has 1 aliphatic carbocycles. The molecule has 2 fully saturated rings. The lowest BCUT2D eigenvalue weighted by Gasteiger charge is -2.40. The average molecular weight is 341 g/mol. The van der Waals surface area contributed by atoms with E-state index in [0.717, 1.165) is 37.9 Å². The summed E-state index contributed by atoms with van der Waals surface area (Å²) in [5.74, 6) is 0.662. The van der Waals surface area contributed by atoms with Crippen LogP contribution in [0, 0.1) is 11.8 Å². The van der Waals surface area contributed by atoms with Gasteiger partial charge in [0.25, 0.3) is 5.91 Å². The average Bonchev–Trinajstić information content (AvgIpc) is 3.32. The van der Waals surface area contributed by atoms with Gasteiger partial charge in [0.1, 0.15) is 6.33 Å². The van der Waals surface area contributed by atoms with E-state index in [1.807, 2.05) is 36.1 Å². The summed E-state index contributed by atoms with van der Waals surface area (Å²) in [5.41, 5.74) is 0.870. The summed E-state index contributed by atoms with van der Waals surface area (Å²) in [4.78, 5) is 14.8. The first-order chi connectivity index (χ1) is 12.1. The van der Waals surface area contributed by atoms with E-state index in [9.17, 15) is 9.90 Å². The van der Waals surface area contributed by atoms with Gasteiger partial charge in [0.2, 0.25) is 0 Å². The van der Waals surface area contributed by atoms with Crippen molar-refractivity contribution < 1.29 is 9.90 Å². The highest BCUT2D eigenvalue weighted by atomic mass is 16.3. The minimum Gasteiger partial charge on any atom is -0.390 e. The Kier molecular flexibility index (Phi) is 4.03. The third-order valence-electron chi connectivity index (χ3n) is 5.94. The zero-order chi connectivity index (χ0) is 17.4. The number of aromatic nitrogens is 4. The smallest absolute Gasteiger partial charge is 0.253 e. The number of hydrogen-bond donors (Lipinski definition) is 1. The SMILES string of the molecule is CC[C@]1(O)CCC[C@H]2CN(C(=O)c3ccc(-n4cnnn4)cc3)C[C@H]21. The highest BCUT2D eigenvalue weighted by Gasteiger charge is 2.48. The van der Waals surface area contributed by atoms with Crippen LogP contribution in [-0.4, -0.2) is 54.8 Å². The van der Waals surface area contributed by atoms with Crippen LogP contribution in [0.1, 0.15) is 43.0 Å². The minimum absolute atomic E-state index is 0.0381. The van der Waals surface area contributed by atoms with Gasteiger partial charge in [0, 0.05) is 24.6 Å². The number of carbonyl (C=O) groups is 1. The van der Waals surface area contributed by atoms with Gasteiger partial charge in [-0.1, -0.05) is 13.3 Å². The third kappa shape index (κ3) is 2.82. The van der Waals surface area contributed by atoms with Crippen LogP contribution in [0.3, 0.4) is 0 Å². The van der Waals surface area contributed by atoms with Crippen molar-refractivity contribution in [2.45, 2.75) is 38.2 Å². The molecule has 0 radical (unpaired) electrons. The number of nitrogens with zero attached hydrogens (tertiary/aromatic N) is 5. The molecular formula is C18H23N5O2. The summed E-state index contributed by atoms with van der Waals surface area (Å²) in [6, 6.07) is 7.31. The van der Waals surface area contributed by atoms with Gasteiger partial charge in [0.15, 0.2) is 0 Å². The number of tetrazole rings is 1. The van der Waals surface area contributed by atoms with Crippen molar-refractivity contribution in [1.29, 1.82) is 0 Å². The molecule has 2 aliphatic rings. The predicted octanol–water partition coefficient (Wildman–Crippen LogP) is 1.68. The Labute approximate surface area is 146 Å². The molecule has 7 nitrogen and oxygen atoms in total. The van der Waals surface area contributed by atoms with Gasteiger partial charge in [0.05, 0.1) is 11.3 Å². The van der Waals surface area contributed by atoms with Crippen LogP contribution in [0.15, 0.2) is 30.6 Å². The summed E-state index contributed by atoms with van der Waals surface area (Å²) in [6.07, 6.45) is 5.29. The van der Waals surface area contributed by atoms with E-state index in [4.69, 9.17) is 0 Å². The van der Waals surface area contributed by atoms with Gasteiger partial charge in [-0.25, -0.2) is 4.68 Å². The number of hydrogen-bond acceptors (Lipinski definition) is 5. The van der Waals surface area contributed by atoms with E-state index >= 15 is 0 Å². The molecule has 4 rings (SSSR count). The van der Waals surface area contributed by atoms with Crippen molar-refractivity contribution >= 4 is 5.91 Å². The second-order valence-electron chi connectivity index (χ2n) is 7.23. The Morgan fingerprint density at radius 3 is 2.80 bits per heavy atom. The Balaban J connectivity index is 1.50. The van der Waals surface area contributed by atoms with Gasteiger partial charge in [-0.05, 0) is 59.9 Å². The predicted molar refractivity (Wildman–Crippen MR) is 91.1 cm³/mol. The highest BCUT2D eigenvalue weighted by molar-refractivity contribution is 5.94. The standard InChI is InChI=1S/C18H23N5O2/c1-2-18(25)9-3-4-14-10-22(11-16(14)18)17(24)13-5-7-15(8-6-13)23-12-19-20-21-23/h5-8,12,14,16,25H,2-4,9-11H2,1H3/t14-,16+,18-/m0/s1. The lowest BCUT2D eigenvalue weighted by Crippen LogP contribution is -2.44. The Morgan fingerprint density at radius 2 is 2.12 bits per heavy atom. The summed E-state index contributed by atoms with van der Waals surface area (Å²) in [7, 11) is 0. The van der Waals surface area contributed by atoms with Gasteiger partial charge >= 0.3 is 0 Å². The fourth-order valence-corrected chi connectivity index (χ4v) is 4.45. The van der Waals surface area contributed by atoms with Crippen molar-refractivity contribution in [2.24, 2.45) is 11.8 Å². The Bertz CT molecular complexity index is 745. The van der Waals surface area contributed by atoms with Gasteiger partial charge in [-0.15, -0.1) is 5.10 Å². The number of amides is 1. The monoisotopic (exact) mass is 341 g/mol. The molecule has 0 bridgehead atoms. The van der Waals surface area contributed by atoms with Crippen molar-refractivity contribution in [3.05, 3.63) is 36.2 Å². The van der Waals surface area contributed by atoms with Crippen molar-refractivity contribution in [3.8, 4) is 5.69 Å². The molecule has 0 spiro atoms. The molecule has 2 heterocycles. The maximum atomic E-state index is 12.9. The largest absolute Gasteiger partial charge is 0.390 e. The Morgan fingerprint density at radius 1 is 1.32 bits per heavy atom. The van der Waals surface area contributed by atoms with Gasteiger partial charge in [-0.3, -0.25) is 4.79 Å². The minimum atomic E-state index is -0.609. The summed E-state index contributed by atoms with van der Waals surface area (Å²) < 4.78 is 1.56. The molecule has 7 heteroatoms. The first-order valence-corrected chi connectivity index (χ1v) is 8.96. The lowest BCUT2D eigenvalue weighted by atomic mass is 9.69. The van der Waals surface area contributed by atoms with Crippen molar-refractivity contribution in [3.63, 3.8) is 0 Å². The van der Waals surface area contributed by atoms with E-state index in [-0.39, 0.29) is 11.8 Å². The van der Waals surface area contributed by atoms with Crippen LogP contribution >= 0.6 is 0 Å². The Hall–Kier alpha value is -2.28. The molecule has 1 aromatic carbocycles. The van der Waals surface area contributed by atoms with Crippen LogP contribution in [0.25, 0.3) is 5.69 Å². The molecule has 0 unspecified atom stereocenters. The van der Waals surface area contributed by atoms with E-state index < -0.39 is 5.60 Å². The maximum absolute atomic E-state index is 12.9. The highest BCUT2D eigenvalue weighted by Crippen LogP contribution is 2.44. The van der Waals surface area contributed by atoms with Gasteiger partial charge in [-0.2, -0.15) is 0 Å². The lowest BCUT2D eigenvalue weighted by molar-refractivity contribution is -0.0609. The topological polar surface area (TPSA) is 84.1 Å². The molecule has 2 aromatic rings. The zero-order valence-corrected chi connectivity index (χ0v) is 14.4. The van der Waals surface area contributed by atoms with Crippen LogP contribution in [0.2, 0.25) is 0 Å². The second kappa shape index (κ2) is 6.22. The van der Waals surface area contributed by atoms with E-state index in [0.29, 0.717) is 18.0 Å². The molecule has 1 N–H and O–H groups in total. The number of carbonyl (C=O) groups excluding carboxylic acids is 1. The fraction of sp³-hybridized carbons (Fsp3) is 0.556. The maximum Gasteiger partial charge on any atom is 0.253 e. The fourth-order valence-electron chi connectivity index (χ4n) is 4.45. The molecule has 132 valence electrons. The quantitative estimate of drug-likeness (QED) is 0.918. The molecule has 1 aliphatic heterocycles. The summed E-state index contributed by atoms with van der Waals surface area (Å²) in [6.45, 7) is 3.45. The number of likely N-dealkylation sites (tertiary alicyclic amines) is 1. The number of rotatable bonds is 3. The molecule has 1 saturated carbocycles. The zero-order valence-electron chi connectivity index (χ0n) is 14.4. The molecule has 3 atom stereocenters. The van der Waals surface area contributed by atoms with E-state index in [1.54, 1.807) is 4.68 Å². The van der Waals surface area contributed by atoms with Crippen LogP contribution in [0.4, 0.5) is 0 Å². The summed E-state index contributed by atoms with van der Waals surface area (Å²) in [5, 5.41) is 22.0. The summed E-state index contributed by atoms with van der Waals surface area (Å²) >= 11 is 0. The molecular weight excluding hydrogens is 318 g/mol. The molecule has 1 aromatic heterocycles. The van der Waals surface area contributed by atoms with Gasteiger partial charge < -0.3 is 10.0 Å². The normalized spacial score (nSPS) is 28.8. The molecule has 1 amide bonds. The van der Waals surface area contributed by atoms with Crippen molar-refractivity contribution in [1.82, 2.24) is 25.1 Å². The first-order valence-electron chi connectivity index (χ1n) is 8.96. The molecule has 1 saturated heterocycles.